The number of carbonyl (C=O) groups excluding carboxylic acids is 10. The highest BCUT2D eigenvalue weighted by atomic mass is 16.6. The molecule has 0 radical (unpaired) electrons. The predicted molar refractivity (Wildman–Crippen MR) is 386 cm³/mol. The molecular weight excluding hydrogens is 1370 g/mol. The number of aryl methyl sites for hydroxylation is 8. The van der Waals surface area contributed by atoms with Gasteiger partial charge in [0.1, 0.15) is 61.4 Å². The summed E-state index contributed by atoms with van der Waals surface area (Å²) in [6.07, 6.45) is 11.5. The van der Waals surface area contributed by atoms with Crippen LogP contribution in [0.5, 0.6) is 0 Å². The summed E-state index contributed by atoms with van der Waals surface area (Å²) in [4.78, 5) is 156. The highest BCUT2D eigenvalue weighted by Crippen LogP contribution is 2.23. The zero-order valence-corrected chi connectivity index (χ0v) is 58.9. The number of nitrogens with zero attached hydrogens (tertiary/aromatic N) is 11. The number of amides is 9. The van der Waals surface area contributed by atoms with Crippen LogP contribution in [0.3, 0.4) is 0 Å². The van der Waals surface area contributed by atoms with Crippen LogP contribution in [-0.2, 0) is 112 Å². The first-order valence-corrected chi connectivity index (χ1v) is 32.8. The van der Waals surface area contributed by atoms with E-state index in [4.69, 9.17) is 24.9 Å². The van der Waals surface area contributed by atoms with Gasteiger partial charge in [-0.3, -0.25) is 53.5 Å². The van der Waals surface area contributed by atoms with Gasteiger partial charge in [0.05, 0.1) is 34.1 Å². The maximum atomic E-state index is 13.9. The number of aromatic nitrogens is 11. The van der Waals surface area contributed by atoms with Crippen LogP contribution in [0.4, 0.5) is 55.5 Å². The molecule has 0 saturated carbocycles. The Morgan fingerprint density at radius 1 is 0.434 bits per heavy atom. The van der Waals surface area contributed by atoms with Crippen LogP contribution in [0.15, 0.2) is 141 Å². The van der Waals surface area contributed by atoms with E-state index in [2.05, 4.69) is 73.8 Å². The van der Waals surface area contributed by atoms with Gasteiger partial charge in [-0.05, 0) is 60.8 Å². The molecule has 0 saturated heterocycles. The zero-order chi connectivity index (χ0) is 75.7. The van der Waals surface area contributed by atoms with Crippen LogP contribution in [0.2, 0.25) is 0 Å². The van der Waals surface area contributed by atoms with Crippen LogP contribution in [0.25, 0.3) is 0 Å². The molecule has 0 spiro atoms. The van der Waals surface area contributed by atoms with Crippen molar-refractivity contribution in [1.82, 2.24) is 67.6 Å². The molecule has 106 heavy (non-hydrogen) atoms. The quantitative estimate of drug-likeness (QED) is 0.0144. The molecule has 0 aliphatic rings. The minimum absolute atomic E-state index is 0.0188. The Balaban J connectivity index is 0.672. The Labute approximate surface area is 605 Å². The van der Waals surface area contributed by atoms with Crippen molar-refractivity contribution in [3.8, 4) is 0 Å². The second kappa shape index (κ2) is 34.5. The summed E-state index contributed by atoms with van der Waals surface area (Å²) >= 11 is 0. The maximum Gasteiger partial charge on any atom is 0.408 e. The third-order valence-electron chi connectivity index (χ3n) is 16.2. The van der Waals surface area contributed by atoms with Crippen molar-refractivity contribution in [3.05, 3.63) is 198 Å². The lowest BCUT2D eigenvalue weighted by Crippen LogP contribution is -2.45. The van der Waals surface area contributed by atoms with Gasteiger partial charge >= 0.3 is 12.2 Å². The average molecular weight is 1450 g/mol. The summed E-state index contributed by atoms with van der Waals surface area (Å²) in [5.74, 6) is -3.55. The standard InChI is InChI=1S/C69H79N23O14/c1-85-28-43(23-48(85)36-93)72-63(96)52-25-45(30-87(52)3)73-64(97)53-26-46(31-88(53)4)75-67(100)60-79-56(34-91(60)7)82-62(95)51(77-69(102)104-38-42-17-13-10-14-18-42)20-22-71-105-39-49-24-44(29-86(49)2)74-66(99)59-80-57(35-92(59)8)83-65(98)54-27-47(32-89(54)5)84-106-40-58-78-55(33-90(58)6)81-61(94)50(19-21-70)76-68(101)103-37-41-15-11-9-12-16-41/h9-18,23-36,50-51,71,84H,19-22,37-40,70H2,1-8H3,(H,72,96)(H,73,97)(H,74,99)(H,75,100)(H,76,101)(H,77,102)(H,81,94)(H,82,95)(H,83,98). The van der Waals surface area contributed by atoms with Gasteiger partial charge in [0.2, 0.25) is 23.5 Å². The first-order chi connectivity index (χ1) is 50.9. The number of carbonyl (C=O) groups is 10. The fourth-order valence-corrected chi connectivity index (χ4v) is 10.8. The van der Waals surface area contributed by atoms with E-state index in [1.165, 1.54) is 68.2 Å². The lowest BCUT2D eigenvalue weighted by Gasteiger charge is -2.18. The van der Waals surface area contributed by atoms with Crippen molar-refractivity contribution in [3.63, 3.8) is 0 Å². The number of hydrogen-bond donors (Lipinski definition) is 12. The Hall–Kier alpha value is -13.4. The number of imidazole rings is 3. The number of nitrogens with two attached hydrogens (primary N) is 1. The van der Waals surface area contributed by atoms with Crippen molar-refractivity contribution in [2.75, 3.05) is 55.8 Å². The number of anilines is 8. The minimum atomic E-state index is -1.23. The highest BCUT2D eigenvalue weighted by Gasteiger charge is 2.27. The van der Waals surface area contributed by atoms with E-state index in [-0.39, 0.29) is 104 Å². The molecule has 13 N–H and O–H groups in total. The van der Waals surface area contributed by atoms with Gasteiger partial charge in [-0.25, -0.2) is 30.0 Å². The molecule has 2 atom stereocenters. The molecule has 0 aliphatic heterocycles. The number of rotatable bonds is 33. The third kappa shape index (κ3) is 19.8. The van der Waals surface area contributed by atoms with Crippen molar-refractivity contribution in [1.29, 1.82) is 0 Å². The number of benzene rings is 2. The zero-order valence-electron chi connectivity index (χ0n) is 58.9. The molecule has 10 aromatic rings. The fraction of sp³-hybridized carbons (Fsp3) is 0.261. The van der Waals surface area contributed by atoms with Gasteiger partial charge in [0, 0.05) is 118 Å². The van der Waals surface area contributed by atoms with Gasteiger partial charge in [0.25, 0.3) is 29.5 Å². The van der Waals surface area contributed by atoms with E-state index in [9.17, 15) is 47.9 Å². The number of hydrogen-bond acceptors (Lipinski definition) is 20. The summed E-state index contributed by atoms with van der Waals surface area (Å²) in [6, 6.07) is 23.5. The van der Waals surface area contributed by atoms with E-state index in [0.717, 1.165) is 5.56 Å². The molecule has 9 amide bonds. The fourth-order valence-electron chi connectivity index (χ4n) is 10.8. The Morgan fingerprint density at radius 2 is 0.868 bits per heavy atom. The van der Waals surface area contributed by atoms with Gasteiger partial charge in [0.15, 0.2) is 23.7 Å². The SMILES string of the molecule is Cn1cc(NC(=O)c2cc(NC(=O)c3cc(NC(=O)c4nc(NC(=O)C(CCNOCc5cc(NC(=O)c6nc(NC(=O)c7cc(NOCc8nc(NC(=O)C(CCN)NC(=O)OCc9ccccc9)cn8C)cn7C)cn6C)cn5C)NC(=O)OCc5ccccc5)cn4C)cn3C)cn2C)cc1C=O. The van der Waals surface area contributed by atoms with Crippen molar-refractivity contribution in [2.24, 2.45) is 62.1 Å². The van der Waals surface area contributed by atoms with Gasteiger partial charge in [-0.1, -0.05) is 60.7 Å². The monoisotopic (exact) mass is 1450 g/mol. The Bertz CT molecular complexity index is 4860. The maximum absolute atomic E-state index is 13.9. The second-order valence-electron chi connectivity index (χ2n) is 24.4. The molecule has 554 valence electrons. The molecular formula is C69H79N23O14. The lowest BCUT2D eigenvalue weighted by molar-refractivity contribution is -0.119. The summed E-state index contributed by atoms with van der Waals surface area (Å²) in [6.45, 7) is -0.0144. The molecule has 10 rings (SSSR count). The number of aldehydes is 1. The number of ether oxygens (including phenoxy) is 2. The molecule has 0 fully saturated rings. The molecule has 0 bridgehead atoms. The van der Waals surface area contributed by atoms with E-state index in [1.807, 2.05) is 24.3 Å². The number of hydroxylamine groups is 1. The lowest BCUT2D eigenvalue weighted by atomic mass is 10.2. The first-order valence-electron chi connectivity index (χ1n) is 32.8. The van der Waals surface area contributed by atoms with E-state index < -0.39 is 65.6 Å². The summed E-state index contributed by atoms with van der Waals surface area (Å²) in [5, 5.41) is 24.3. The summed E-state index contributed by atoms with van der Waals surface area (Å²) in [7, 11) is 13.1. The van der Waals surface area contributed by atoms with Gasteiger partial charge < -0.3 is 99.6 Å². The molecule has 8 heterocycles. The minimum Gasteiger partial charge on any atom is -0.445 e. The second-order valence-corrected chi connectivity index (χ2v) is 24.4. The first kappa shape index (κ1) is 75.3. The van der Waals surface area contributed by atoms with Crippen molar-refractivity contribution in [2.45, 2.75) is 51.4 Å². The molecule has 37 heteroatoms. The smallest absolute Gasteiger partial charge is 0.408 e. The van der Waals surface area contributed by atoms with E-state index >= 15 is 0 Å². The molecule has 8 aromatic heterocycles. The number of nitrogens with one attached hydrogen (secondary N) is 11. The highest BCUT2D eigenvalue weighted by molar-refractivity contribution is 6.09. The van der Waals surface area contributed by atoms with Crippen LogP contribution in [-0.4, -0.2) is 136 Å². The normalized spacial score (nSPS) is 11.6. The third-order valence-corrected chi connectivity index (χ3v) is 16.2. The van der Waals surface area contributed by atoms with Crippen LogP contribution >= 0.6 is 0 Å². The van der Waals surface area contributed by atoms with Crippen LogP contribution in [0.1, 0.15) is 98.7 Å². The van der Waals surface area contributed by atoms with E-state index in [0.29, 0.717) is 51.8 Å². The van der Waals surface area contributed by atoms with Crippen LogP contribution < -0.4 is 64.5 Å². The Morgan fingerprint density at radius 3 is 1.39 bits per heavy atom. The topological polar surface area (TPSA) is 444 Å². The molecule has 37 nitrogen and oxygen atoms in total. The van der Waals surface area contributed by atoms with Crippen molar-refractivity contribution >= 4 is 106 Å². The average Bonchev–Trinajstić information content (AvgIpc) is 1.68. The van der Waals surface area contributed by atoms with Crippen molar-refractivity contribution < 1.29 is 67.1 Å². The molecule has 2 aromatic carbocycles. The molecule has 2 unspecified atom stereocenters. The summed E-state index contributed by atoms with van der Waals surface area (Å²) < 4.78 is 23.0. The number of alkyl carbamates (subject to hydrolysis) is 2. The molecule has 0 aliphatic carbocycles. The summed E-state index contributed by atoms with van der Waals surface area (Å²) in [5.41, 5.74) is 16.2. The Kier molecular flexibility index (Phi) is 24.5. The largest absolute Gasteiger partial charge is 0.445 e. The van der Waals surface area contributed by atoms with Crippen LogP contribution in [0, 0.1) is 0 Å². The van der Waals surface area contributed by atoms with Gasteiger partial charge in [-0.2, -0.15) is 0 Å². The van der Waals surface area contributed by atoms with E-state index in [1.54, 1.807) is 141 Å². The predicted octanol–water partition coefficient (Wildman–Crippen LogP) is 5.12. The van der Waals surface area contributed by atoms with Gasteiger partial charge in [-0.15, -0.1) is 0 Å².